The molecular weight excluding hydrogens is 196 g/mol. The number of thiazole rings is 1. The Morgan fingerprint density at radius 3 is 3.07 bits per heavy atom. The molecule has 0 bridgehead atoms. The van der Waals surface area contributed by atoms with Crippen molar-refractivity contribution >= 4 is 11.3 Å². The first-order valence-corrected chi connectivity index (χ1v) is 5.42. The van der Waals surface area contributed by atoms with Crippen molar-refractivity contribution < 1.29 is 0 Å². The Bertz CT molecular complexity index is 393. The topological polar surface area (TPSA) is 56.7 Å². The number of aryl methyl sites for hydroxylation is 1. The highest BCUT2D eigenvalue weighted by molar-refractivity contribution is 7.07. The molecule has 1 unspecified atom stereocenters. The molecule has 4 nitrogen and oxygen atoms in total. The molecule has 0 spiro atoms. The summed E-state index contributed by atoms with van der Waals surface area (Å²) in [5.74, 6) is 0.874. The van der Waals surface area contributed by atoms with Crippen LogP contribution in [0.15, 0.2) is 23.3 Å². The highest BCUT2D eigenvalue weighted by atomic mass is 32.1. The second-order valence-electron chi connectivity index (χ2n) is 2.96. The molecule has 0 saturated carbocycles. The lowest BCUT2D eigenvalue weighted by atomic mass is 10.2. The molecule has 0 saturated heterocycles. The fourth-order valence-corrected chi connectivity index (χ4v) is 1.97. The van der Waals surface area contributed by atoms with Gasteiger partial charge in [-0.25, -0.2) is 9.97 Å². The van der Waals surface area contributed by atoms with Crippen LogP contribution in [0, 0.1) is 0 Å². The summed E-state index contributed by atoms with van der Waals surface area (Å²) in [7, 11) is 0. The number of nitrogens with zero attached hydrogens (tertiary/aromatic N) is 3. The molecule has 0 aliphatic rings. The Kier molecular flexibility index (Phi) is 2.60. The molecular formula is C9H12N4S. The second-order valence-corrected chi connectivity index (χ2v) is 3.68. The molecule has 0 aromatic carbocycles. The molecule has 0 aliphatic carbocycles. The summed E-state index contributed by atoms with van der Waals surface area (Å²) in [6.45, 7) is 2.95. The SMILES string of the molecule is CCn1ccnc1C(N)c1cscn1. The van der Waals surface area contributed by atoms with E-state index in [0.717, 1.165) is 18.1 Å². The highest BCUT2D eigenvalue weighted by Gasteiger charge is 2.15. The first kappa shape index (κ1) is 9.36. The minimum Gasteiger partial charge on any atom is -0.334 e. The van der Waals surface area contributed by atoms with E-state index < -0.39 is 0 Å². The van der Waals surface area contributed by atoms with Gasteiger partial charge in [0.1, 0.15) is 11.9 Å². The van der Waals surface area contributed by atoms with E-state index in [2.05, 4.69) is 16.9 Å². The molecule has 5 heteroatoms. The van der Waals surface area contributed by atoms with Gasteiger partial charge in [-0.3, -0.25) is 0 Å². The predicted octanol–water partition coefficient (Wildman–Crippen LogP) is 1.41. The van der Waals surface area contributed by atoms with Crippen LogP contribution in [-0.4, -0.2) is 14.5 Å². The van der Waals surface area contributed by atoms with Crippen LogP contribution in [-0.2, 0) is 6.54 Å². The van der Waals surface area contributed by atoms with E-state index in [1.165, 1.54) is 0 Å². The van der Waals surface area contributed by atoms with Gasteiger partial charge >= 0.3 is 0 Å². The number of hydrogen-bond acceptors (Lipinski definition) is 4. The Hall–Kier alpha value is -1.20. The van der Waals surface area contributed by atoms with Crippen LogP contribution >= 0.6 is 11.3 Å². The number of rotatable bonds is 3. The van der Waals surface area contributed by atoms with E-state index in [-0.39, 0.29) is 6.04 Å². The number of aromatic nitrogens is 3. The number of nitrogens with two attached hydrogens (primary N) is 1. The van der Waals surface area contributed by atoms with Crippen molar-refractivity contribution in [2.45, 2.75) is 19.5 Å². The summed E-state index contributed by atoms with van der Waals surface area (Å²) >= 11 is 1.55. The monoisotopic (exact) mass is 208 g/mol. The molecule has 0 radical (unpaired) electrons. The van der Waals surface area contributed by atoms with Gasteiger partial charge in [-0.05, 0) is 6.92 Å². The molecule has 74 valence electrons. The van der Waals surface area contributed by atoms with Gasteiger partial charge < -0.3 is 10.3 Å². The third-order valence-corrected chi connectivity index (χ3v) is 2.74. The lowest BCUT2D eigenvalue weighted by Gasteiger charge is -2.10. The van der Waals surface area contributed by atoms with Crippen LogP contribution < -0.4 is 5.73 Å². The van der Waals surface area contributed by atoms with Crippen LogP contribution in [0.2, 0.25) is 0 Å². The first-order valence-electron chi connectivity index (χ1n) is 4.47. The number of imidazole rings is 1. The molecule has 2 aromatic heterocycles. The van der Waals surface area contributed by atoms with Gasteiger partial charge in [-0.15, -0.1) is 11.3 Å². The summed E-state index contributed by atoms with van der Waals surface area (Å²) in [6, 6.07) is -0.212. The summed E-state index contributed by atoms with van der Waals surface area (Å²) in [6.07, 6.45) is 3.70. The van der Waals surface area contributed by atoms with Crippen molar-refractivity contribution in [2.75, 3.05) is 0 Å². The molecule has 2 aromatic rings. The highest BCUT2D eigenvalue weighted by Crippen LogP contribution is 2.17. The molecule has 0 amide bonds. The van der Waals surface area contributed by atoms with E-state index in [1.54, 1.807) is 23.0 Å². The molecule has 2 N–H and O–H groups in total. The van der Waals surface area contributed by atoms with E-state index in [1.807, 2.05) is 16.1 Å². The molecule has 14 heavy (non-hydrogen) atoms. The summed E-state index contributed by atoms with van der Waals surface area (Å²) in [5.41, 5.74) is 8.71. The van der Waals surface area contributed by atoms with Crippen molar-refractivity contribution in [3.8, 4) is 0 Å². The Morgan fingerprint density at radius 1 is 1.57 bits per heavy atom. The van der Waals surface area contributed by atoms with E-state index in [9.17, 15) is 0 Å². The van der Waals surface area contributed by atoms with Crippen molar-refractivity contribution in [2.24, 2.45) is 5.73 Å². The van der Waals surface area contributed by atoms with Gasteiger partial charge in [0.05, 0.1) is 11.2 Å². The average molecular weight is 208 g/mol. The fourth-order valence-electron chi connectivity index (χ4n) is 1.37. The van der Waals surface area contributed by atoms with Gasteiger partial charge in [0.25, 0.3) is 0 Å². The van der Waals surface area contributed by atoms with Gasteiger partial charge in [-0.2, -0.15) is 0 Å². The van der Waals surface area contributed by atoms with Crippen molar-refractivity contribution in [3.05, 3.63) is 34.8 Å². The third-order valence-electron chi connectivity index (χ3n) is 2.14. The smallest absolute Gasteiger partial charge is 0.131 e. The van der Waals surface area contributed by atoms with Crippen LogP contribution in [0.4, 0.5) is 0 Å². The maximum absolute atomic E-state index is 6.04. The lowest BCUT2D eigenvalue weighted by molar-refractivity contribution is 0.649. The second kappa shape index (κ2) is 3.89. The van der Waals surface area contributed by atoms with Crippen molar-refractivity contribution in [3.63, 3.8) is 0 Å². The maximum Gasteiger partial charge on any atom is 0.131 e. The van der Waals surface area contributed by atoms with Crippen LogP contribution in [0.25, 0.3) is 0 Å². The lowest BCUT2D eigenvalue weighted by Crippen LogP contribution is -2.17. The van der Waals surface area contributed by atoms with Gasteiger partial charge in [0.15, 0.2) is 0 Å². The van der Waals surface area contributed by atoms with Gasteiger partial charge in [-0.1, -0.05) is 0 Å². The maximum atomic E-state index is 6.04. The normalized spacial score (nSPS) is 13.0. The van der Waals surface area contributed by atoms with Gasteiger partial charge in [0, 0.05) is 24.3 Å². The Morgan fingerprint density at radius 2 is 2.43 bits per heavy atom. The van der Waals surface area contributed by atoms with Crippen LogP contribution in [0.3, 0.4) is 0 Å². The third kappa shape index (κ3) is 1.56. The molecule has 2 rings (SSSR count). The minimum atomic E-state index is -0.212. The Balaban J connectivity index is 2.31. The van der Waals surface area contributed by atoms with Crippen molar-refractivity contribution in [1.29, 1.82) is 0 Å². The zero-order valence-corrected chi connectivity index (χ0v) is 8.74. The van der Waals surface area contributed by atoms with Crippen LogP contribution in [0.1, 0.15) is 24.5 Å². The molecule has 1 atom stereocenters. The molecule has 0 aliphatic heterocycles. The standard InChI is InChI=1S/C9H12N4S/c1-2-13-4-3-11-9(13)8(10)7-5-14-6-12-7/h3-6,8H,2,10H2,1H3. The molecule has 2 heterocycles. The predicted molar refractivity (Wildman–Crippen MR) is 56.0 cm³/mol. The summed E-state index contributed by atoms with van der Waals surface area (Å²) in [4.78, 5) is 8.43. The van der Waals surface area contributed by atoms with E-state index in [4.69, 9.17) is 5.73 Å². The minimum absolute atomic E-state index is 0.212. The van der Waals surface area contributed by atoms with Crippen molar-refractivity contribution in [1.82, 2.24) is 14.5 Å². The molecule has 0 fully saturated rings. The average Bonchev–Trinajstić information content (AvgIpc) is 2.87. The van der Waals surface area contributed by atoms with Gasteiger partial charge in [0.2, 0.25) is 0 Å². The van der Waals surface area contributed by atoms with E-state index >= 15 is 0 Å². The first-order chi connectivity index (χ1) is 6.83. The quantitative estimate of drug-likeness (QED) is 0.829. The van der Waals surface area contributed by atoms with E-state index in [0.29, 0.717) is 0 Å². The zero-order chi connectivity index (χ0) is 9.97. The largest absolute Gasteiger partial charge is 0.334 e. The summed E-state index contributed by atoms with van der Waals surface area (Å²) in [5, 5.41) is 1.96. The summed E-state index contributed by atoms with van der Waals surface area (Å²) < 4.78 is 2.03. The Labute approximate surface area is 86.4 Å². The fraction of sp³-hybridized carbons (Fsp3) is 0.333. The van der Waals surface area contributed by atoms with Crippen LogP contribution in [0.5, 0.6) is 0 Å². The zero-order valence-electron chi connectivity index (χ0n) is 7.92. The number of hydrogen-bond donors (Lipinski definition) is 1.